The Balaban J connectivity index is 2.16. The Morgan fingerprint density at radius 3 is 2.89 bits per heavy atom. The van der Waals surface area contributed by atoms with Crippen LogP contribution in [-0.2, 0) is 4.79 Å². The second kappa shape index (κ2) is 4.51. The fourth-order valence-corrected chi connectivity index (χ4v) is 2.69. The lowest BCUT2D eigenvalue weighted by Crippen LogP contribution is -2.23. The zero-order valence-corrected chi connectivity index (χ0v) is 11.5. The summed E-state index contributed by atoms with van der Waals surface area (Å²) in [6.45, 7) is 1.55. The van der Waals surface area contributed by atoms with Gasteiger partial charge in [-0.15, -0.1) is 11.3 Å². The summed E-state index contributed by atoms with van der Waals surface area (Å²) in [4.78, 5) is 18.6. The molecule has 1 amide bonds. The molecular formula is C14H13N3OS. The van der Waals surface area contributed by atoms with E-state index in [1.165, 1.54) is 0 Å². The molecule has 5 heteroatoms. The Bertz CT molecular complexity index is 730. The van der Waals surface area contributed by atoms with E-state index >= 15 is 0 Å². The summed E-state index contributed by atoms with van der Waals surface area (Å²) >= 11 is 1.67. The van der Waals surface area contributed by atoms with Crippen molar-refractivity contribution in [3.8, 4) is 10.6 Å². The Hall–Kier alpha value is -2.14. The van der Waals surface area contributed by atoms with Crippen LogP contribution in [0.15, 0.2) is 42.0 Å². The molecule has 0 aliphatic carbocycles. The number of nitrogens with zero attached hydrogens (tertiary/aromatic N) is 3. The van der Waals surface area contributed by atoms with Gasteiger partial charge >= 0.3 is 0 Å². The van der Waals surface area contributed by atoms with Gasteiger partial charge in [0.15, 0.2) is 0 Å². The number of aromatic nitrogens is 2. The molecular weight excluding hydrogens is 258 g/mol. The number of imidazole rings is 1. The van der Waals surface area contributed by atoms with E-state index in [9.17, 15) is 4.79 Å². The number of amides is 1. The van der Waals surface area contributed by atoms with E-state index in [4.69, 9.17) is 0 Å². The van der Waals surface area contributed by atoms with Gasteiger partial charge in [-0.25, -0.2) is 4.98 Å². The minimum atomic E-state index is 0.0112. The van der Waals surface area contributed by atoms with Gasteiger partial charge in [0, 0.05) is 20.2 Å². The van der Waals surface area contributed by atoms with Crippen molar-refractivity contribution in [2.24, 2.45) is 0 Å². The molecule has 0 radical (unpaired) electrons. The van der Waals surface area contributed by atoms with E-state index in [1.54, 1.807) is 30.2 Å². The summed E-state index contributed by atoms with van der Waals surface area (Å²) in [5.74, 6) is 0.0112. The first-order valence-corrected chi connectivity index (χ1v) is 6.80. The Morgan fingerprint density at radius 2 is 2.21 bits per heavy atom. The SMILES string of the molecule is CC(=O)N(C)c1ccc2ncc(-c3cccs3)n2c1. The number of hydrogen-bond donors (Lipinski definition) is 0. The van der Waals surface area contributed by atoms with E-state index in [0.717, 1.165) is 21.9 Å². The number of fused-ring (bicyclic) bond motifs is 1. The van der Waals surface area contributed by atoms with Crippen molar-refractivity contribution in [1.29, 1.82) is 0 Å². The van der Waals surface area contributed by atoms with Crippen LogP contribution in [0.4, 0.5) is 5.69 Å². The van der Waals surface area contributed by atoms with Gasteiger partial charge in [0.05, 0.1) is 22.5 Å². The second-order valence-corrected chi connectivity index (χ2v) is 5.26. The molecule has 0 spiro atoms. The predicted molar refractivity (Wildman–Crippen MR) is 77.6 cm³/mol. The van der Waals surface area contributed by atoms with Crippen molar-refractivity contribution in [3.05, 3.63) is 42.0 Å². The third-order valence-corrected chi connectivity index (χ3v) is 4.02. The predicted octanol–water partition coefficient (Wildman–Crippen LogP) is 3.05. The van der Waals surface area contributed by atoms with Gasteiger partial charge in [-0.2, -0.15) is 0 Å². The van der Waals surface area contributed by atoms with Crippen LogP contribution in [0.25, 0.3) is 16.2 Å². The van der Waals surface area contributed by atoms with Crippen molar-refractivity contribution in [2.75, 3.05) is 11.9 Å². The van der Waals surface area contributed by atoms with Crippen LogP contribution in [0.2, 0.25) is 0 Å². The van der Waals surface area contributed by atoms with Gasteiger partial charge in [-0.05, 0) is 23.6 Å². The molecule has 0 aliphatic rings. The van der Waals surface area contributed by atoms with Crippen molar-refractivity contribution in [3.63, 3.8) is 0 Å². The van der Waals surface area contributed by atoms with Crippen LogP contribution >= 0.6 is 11.3 Å². The molecule has 96 valence electrons. The monoisotopic (exact) mass is 271 g/mol. The Morgan fingerprint density at radius 1 is 1.37 bits per heavy atom. The number of pyridine rings is 1. The molecule has 3 aromatic heterocycles. The van der Waals surface area contributed by atoms with Crippen molar-refractivity contribution in [1.82, 2.24) is 9.38 Å². The first-order chi connectivity index (χ1) is 9.16. The van der Waals surface area contributed by atoms with Crippen LogP contribution in [-0.4, -0.2) is 22.3 Å². The fraction of sp³-hybridized carbons (Fsp3) is 0.143. The lowest BCUT2D eigenvalue weighted by molar-refractivity contribution is -0.116. The Kier molecular flexibility index (Phi) is 2.83. The average Bonchev–Trinajstić information content (AvgIpc) is 3.05. The number of hydrogen-bond acceptors (Lipinski definition) is 3. The number of carbonyl (C=O) groups is 1. The molecule has 3 aromatic rings. The summed E-state index contributed by atoms with van der Waals surface area (Å²) in [5.41, 5.74) is 2.78. The van der Waals surface area contributed by atoms with E-state index in [1.807, 2.05) is 40.4 Å². The highest BCUT2D eigenvalue weighted by molar-refractivity contribution is 7.13. The third-order valence-electron chi connectivity index (χ3n) is 3.12. The first-order valence-electron chi connectivity index (χ1n) is 5.92. The minimum Gasteiger partial charge on any atom is -0.314 e. The van der Waals surface area contributed by atoms with Gasteiger partial charge < -0.3 is 4.90 Å². The van der Waals surface area contributed by atoms with E-state index in [0.29, 0.717) is 0 Å². The molecule has 3 rings (SSSR count). The van der Waals surface area contributed by atoms with Crippen molar-refractivity contribution < 1.29 is 4.79 Å². The highest BCUT2D eigenvalue weighted by atomic mass is 32.1. The molecule has 0 N–H and O–H groups in total. The van der Waals surface area contributed by atoms with E-state index in [-0.39, 0.29) is 5.91 Å². The van der Waals surface area contributed by atoms with Gasteiger partial charge in [-0.3, -0.25) is 9.20 Å². The van der Waals surface area contributed by atoms with Gasteiger partial charge in [0.25, 0.3) is 0 Å². The smallest absolute Gasteiger partial charge is 0.223 e. The summed E-state index contributed by atoms with van der Waals surface area (Å²) in [6, 6.07) is 7.91. The lowest BCUT2D eigenvalue weighted by Gasteiger charge is -2.15. The standard InChI is InChI=1S/C14H13N3OS/c1-10(18)16(2)11-5-6-14-15-8-12(17(14)9-11)13-4-3-7-19-13/h3-9H,1-2H3. The van der Waals surface area contributed by atoms with Gasteiger partial charge in [0.2, 0.25) is 5.91 Å². The van der Waals surface area contributed by atoms with Crippen molar-refractivity contribution in [2.45, 2.75) is 6.92 Å². The third kappa shape index (κ3) is 2.02. The van der Waals surface area contributed by atoms with Gasteiger partial charge in [-0.1, -0.05) is 6.07 Å². The first kappa shape index (κ1) is 11.9. The zero-order valence-electron chi connectivity index (χ0n) is 10.7. The van der Waals surface area contributed by atoms with E-state index in [2.05, 4.69) is 11.1 Å². The second-order valence-electron chi connectivity index (χ2n) is 4.31. The number of rotatable bonds is 2. The largest absolute Gasteiger partial charge is 0.314 e. The molecule has 0 saturated carbocycles. The van der Waals surface area contributed by atoms with E-state index < -0.39 is 0 Å². The molecule has 19 heavy (non-hydrogen) atoms. The van der Waals surface area contributed by atoms with Crippen LogP contribution in [0.3, 0.4) is 0 Å². The number of thiophene rings is 1. The molecule has 0 unspecified atom stereocenters. The Labute approximate surface area is 114 Å². The molecule has 0 aliphatic heterocycles. The lowest BCUT2D eigenvalue weighted by atomic mass is 10.3. The molecule has 0 bridgehead atoms. The molecule has 4 nitrogen and oxygen atoms in total. The maximum absolute atomic E-state index is 11.4. The maximum Gasteiger partial charge on any atom is 0.223 e. The summed E-state index contributed by atoms with van der Waals surface area (Å²) in [5, 5.41) is 2.04. The highest BCUT2D eigenvalue weighted by Gasteiger charge is 2.10. The van der Waals surface area contributed by atoms with Crippen molar-refractivity contribution >= 4 is 28.6 Å². The van der Waals surface area contributed by atoms with Crippen LogP contribution in [0.5, 0.6) is 0 Å². The summed E-state index contributed by atoms with van der Waals surface area (Å²) < 4.78 is 2.01. The zero-order chi connectivity index (χ0) is 13.4. The quantitative estimate of drug-likeness (QED) is 0.718. The van der Waals surface area contributed by atoms with Crippen LogP contribution < -0.4 is 4.90 Å². The average molecular weight is 271 g/mol. The minimum absolute atomic E-state index is 0.0112. The van der Waals surface area contributed by atoms with Crippen LogP contribution in [0, 0.1) is 0 Å². The number of carbonyl (C=O) groups excluding carboxylic acids is 1. The van der Waals surface area contributed by atoms with Crippen LogP contribution in [0.1, 0.15) is 6.92 Å². The fourth-order valence-electron chi connectivity index (χ4n) is 1.96. The normalized spacial score (nSPS) is 10.8. The molecule has 0 aromatic carbocycles. The number of anilines is 1. The highest BCUT2D eigenvalue weighted by Crippen LogP contribution is 2.27. The topological polar surface area (TPSA) is 37.6 Å². The summed E-state index contributed by atoms with van der Waals surface area (Å²) in [6.07, 6.45) is 3.80. The molecule has 0 saturated heterocycles. The van der Waals surface area contributed by atoms with Gasteiger partial charge in [0.1, 0.15) is 5.65 Å². The summed E-state index contributed by atoms with van der Waals surface area (Å²) in [7, 11) is 1.77. The molecule has 0 fully saturated rings. The molecule has 0 atom stereocenters. The molecule has 3 heterocycles. The maximum atomic E-state index is 11.4.